The zero-order valence-electron chi connectivity index (χ0n) is 16.6. The standard InChI is InChI=1S/C25H21FN2O2/c1-16-20(25(29)30)15-21-22(26)10-6-12-24(21)28(16)27-14-13-19-18(9-5-11-23(19)27)17-7-3-2-4-8-17/h2-12H,13-15H2,1H3,(H,29,30). The van der Waals surface area contributed by atoms with Crippen molar-refractivity contribution in [3.05, 3.63) is 94.9 Å². The summed E-state index contributed by atoms with van der Waals surface area (Å²) in [6.45, 7) is 2.50. The summed E-state index contributed by atoms with van der Waals surface area (Å²) in [4.78, 5) is 11.9. The Morgan fingerprint density at radius 1 is 0.933 bits per heavy atom. The molecule has 4 nitrogen and oxygen atoms in total. The number of carboxylic acid groups (broad SMARTS) is 1. The van der Waals surface area contributed by atoms with Gasteiger partial charge in [0.2, 0.25) is 0 Å². The molecule has 0 bridgehead atoms. The van der Waals surface area contributed by atoms with Crippen LogP contribution in [-0.4, -0.2) is 17.6 Å². The van der Waals surface area contributed by atoms with E-state index in [0.717, 1.165) is 17.7 Å². The van der Waals surface area contributed by atoms with Gasteiger partial charge in [0.25, 0.3) is 0 Å². The van der Waals surface area contributed by atoms with Gasteiger partial charge in [0, 0.05) is 24.2 Å². The van der Waals surface area contributed by atoms with Crippen LogP contribution in [-0.2, 0) is 17.6 Å². The fraction of sp³-hybridized carbons (Fsp3) is 0.160. The highest BCUT2D eigenvalue weighted by Crippen LogP contribution is 2.42. The van der Waals surface area contributed by atoms with Crippen LogP contribution in [0, 0.1) is 5.82 Å². The summed E-state index contributed by atoms with van der Waals surface area (Å²) in [5, 5.41) is 13.7. The minimum atomic E-state index is -1.01. The van der Waals surface area contributed by atoms with E-state index in [1.165, 1.54) is 17.2 Å². The van der Waals surface area contributed by atoms with Gasteiger partial charge in [-0.1, -0.05) is 48.5 Å². The number of fused-ring (bicyclic) bond motifs is 2. The summed E-state index contributed by atoms with van der Waals surface area (Å²) < 4.78 is 14.6. The lowest BCUT2D eigenvalue weighted by atomic mass is 9.96. The first kappa shape index (κ1) is 18.4. The van der Waals surface area contributed by atoms with Gasteiger partial charge in [-0.25, -0.2) is 9.18 Å². The molecule has 0 saturated carbocycles. The maximum Gasteiger partial charge on any atom is 0.333 e. The van der Waals surface area contributed by atoms with Crippen LogP contribution in [0.15, 0.2) is 78.0 Å². The summed E-state index contributed by atoms with van der Waals surface area (Å²) in [6, 6.07) is 21.4. The molecule has 0 aliphatic carbocycles. The lowest BCUT2D eigenvalue weighted by Gasteiger charge is -2.40. The Morgan fingerprint density at radius 2 is 1.67 bits per heavy atom. The molecule has 150 valence electrons. The van der Waals surface area contributed by atoms with Crippen LogP contribution >= 0.6 is 0 Å². The predicted molar refractivity (Wildman–Crippen MR) is 116 cm³/mol. The third-order valence-corrected chi connectivity index (χ3v) is 6.02. The monoisotopic (exact) mass is 400 g/mol. The Morgan fingerprint density at radius 3 is 2.43 bits per heavy atom. The molecule has 2 aliphatic rings. The average Bonchev–Trinajstić information content (AvgIpc) is 3.18. The molecule has 0 fully saturated rings. The quantitative estimate of drug-likeness (QED) is 0.657. The van der Waals surface area contributed by atoms with E-state index in [-0.39, 0.29) is 17.8 Å². The van der Waals surface area contributed by atoms with Crippen LogP contribution in [0.5, 0.6) is 0 Å². The second-order valence-electron chi connectivity index (χ2n) is 7.64. The molecule has 5 heteroatoms. The maximum absolute atomic E-state index is 14.6. The first-order chi connectivity index (χ1) is 14.6. The van der Waals surface area contributed by atoms with E-state index in [4.69, 9.17) is 0 Å². The van der Waals surface area contributed by atoms with Crippen molar-refractivity contribution in [1.82, 2.24) is 0 Å². The summed E-state index contributed by atoms with van der Waals surface area (Å²) in [5.74, 6) is -1.38. The Kier molecular flexibility index (Phi) is 4.31. The van der Waals surface area contributed by atoms with Gasteiger partial charge in [0.1, 0.15) is 5.82 Å². The highest BCUT2D eigenvalue weighted by atomic mass is 19.1. The molecule has 2 aliphatic heterocycles. The topological polar surface area (TPSA) is 43.8 Å². The number of hydrazine groups is 1. The number of carboxylic acids is 1. The zero-order chi connectivity index (χ0) is 20.8. The molecule has 0 atom stereocenters. The number of aliphatic carboxylic acids is 1. The summed E-state index contributed by atoms with van der Waals surface area (Å²) >= 11 is 0. The first-order valence-corrected chi connectivity index (χ1v) is 10.0. The summed E-state index contributed by atoms with van der Waals surface area (Å²) in [6.07, 6.45) is 0.918. The molecule has 0 unspecified atom stereocenters. The van der Waals surface area contributed by atoms with Crippen molar-refractivity contribution >= 4 is 17.3 Å². The molecule has 0 aromatic heterocycles. The molecule has 1 N–H and O–H groups in total. The second-order valence-corrected chi connectivity index (χ2v) is 7.64. The lowest BCUT2D eigenvalue weighted by Crippen LogP contribution is -2.44. The van der Waals surface area contributed by atoms with Crippen molar-refractivity contribution in [3.63, 3.8) is 0 Å². The molecule has 5 rings (SSSR count). The highest BCUT2D eigenvalue weighted by Gasteiger charge is 2.35. The van der Waals surface area contributed by atoms with Gasteiger partial charge in [0.15, 0.2) is 0 Å². The summed E-state index contributed by atoms with van der Waals surface area (Å²) in [5.41, 5.74) is 6.55. The van der Waals surface area contributed by atoms with Crippen LogP contribution in [0.25, 0.3) is 11.1 Å². The van der Waals surface area contributed by atoms with E-state index in [9.17, 15) is 14.3 Å². The van der Waals surface area contributed by atoms with Crippen molar-refractivity contribution in [2.24, 2.45) is 0 Å². The van der Waals surface area contributed by atoms with Crippen molar-refractivity contribution < 1.29 is 14.3 Å². The molecular formula is C25H21FN2O2. The third kappa shape index (κ3) is 2.77. The number of halogens is 1. The fourth-order valence-electron chi connectivity index (χ4n) is 4.59. The second kappa shape index (κ2) is 7.02. The zero-order valence-corrected chi connectivity index (χ0v) is 16.6. The molecule has 0 spiro atoms. The number of rotatable bonds is 3. The maximum atomic E-state index is 14.6. The Hall–Kier alpha value is -3.60. The van der Waals surface area contributed by atoms with Crippen LogP contribution in [0.2, 0.25) is 0 Å². The highest BCUT2D eigenvalue weighted by molar-refractivity contribution is 5.91. The van der Waals surface area contributed by atoms with Crippen LogP contribution in [0.3, 0.4) is 0 Å². The SMILES string of the molecule is CC1=C(C(=O)O)Cc2c(F)cccc2N1N1CCc2c(-c3ccccc3)cccc21. The van der Waals surface area contributed by atoms with Gasteiger partial charge >= 0.3 is 5.97 Å². The van der Waals surface area contributed by atoms with E-state index < -0.39 is 5.97 Å². The number of nitrogens with zero attached hydrogens (tertiary/aromatic N) is 2. The molecule has 3 aromatic carbocycles. The first-order valence-electron chi connectivity index (χ1n) is 10.0. The van der Waals surface area contributed by atoms with Crippen LogP contribution in [0.1, 0.15) is 18.1 Å². The van der Waals surface area contributed by atoms with E-state index in [1.807, 2.05) is 35.3 Å². The molecule has 2 heterocycles. The number of allylic oxidation sites excluding steroid dienone is 1. The normalized spacial score (nSPS) is 15.3. The minimum absolute atomic E-state index is 0.0877. The fourth-order valence-corrected chi connectivity index (χ4v) is 4.59. The van der Waals surface area contributed by atoms with E-state index >= 15 is 0 Å². The molecule has 3 aromatic rings. The number of anilines is 2. The number of benzene rings is 3. The average molecular weight is 400 g/mol. The van der Waals surface area contributed by atoms with E-state index in [2.05, 4.69) is 29.3 Å². The Bertz CT molecular complexity index is 1190. The van der Waals surface area contributed by atoms with Gasteiger partial charge in [-0.3, -0.25) is 10.0 Å². The van der Waals surface area contributed by atoms with Gasteiger partial charge < -0.3 is 5.11 Å². The van der Waals surface area contributed by atoms with E-state index in [1.54, 1.807) is 13.0 Å². The molecule has 0 radical (unpaired) electrons. The van der Waals surface area contributed by atoms with Gasteiger partial charge in [-0.2, -0.15) is 0 Å². The number of hydrogen-bond acceptors (Lipinski definition) is 3. The lowest BCUT2D eigenvalue weighted by molar-refractivity contribution is -0.132. The van der Waals surface area contributed by atoms with Gasteiger partial charge in [-0.05, 0) is 48.2 Å². The summed E-state index contributed by atoms with van der Waals surface area (Å²) in [7, 11) is 0. The van der Waals surface area contributed by atoms with Crippen LogP contribution < -0.4 is 10.0 Å². The molecule has 0 amide bonds. The Labute approximate surface area is 174 Å². The molecule has 0 saturated heterocycles. The third-order valence-electron chi connectivity index (χ3n) is 6.02. The van der Waals surface area contributed by atoms with Gasteiger partial charge in [0.05, 0.1) is 16.9 Å². The predicted octanol–water partition coefficient (Wildman–Crippen LogP) is 5.19. The molecular weight excluding hydrogens is 379 g/mol. The Balaban J connectivity index is 1.67. The van der Waals surface area contributed by atoms with Crippen molar-refractivity contribution in [2.45, 2.75) is 19.8 Å². The minimum Gasteiger partial charge on any atom is -0.478 e. The number of carbonyl (C=O) groups is 1. The van der Waals surface area contributed by atoms with Crippen LogP contribution in [0.4, 0.5) is 15.8 Å². The number of hydrogen-bond donors (Lipinski definition) is 1. The van der Waals surface area contributed by atoms with Crippen molar-refractivity contribution in [2.75, 3.05) is 16.6 Å². The largest absolute Gasteiger partial charge is 0.478 e. The van der Waals surface area contributed by atoms with Crippen molar-refractivity contribution in [3.8, 4) is 11.1 Å². The molecule has 30 heavy (non-hydrogen) atoms. The smallest absolute Gasteiger partial charge is 0.333 e. The van der Waals surface area contributed by atoms with Gasteiger partial charge in [-0.15, -0.1) is 0 Å². The van der Waals surface area contributed by atoms with Crippen molar-refractivity contribution in [1.29, 1.82) is 0 Å². The van der Waals surface area contributed by atoms with E-state index in [0.29, 0.717) is 23.5 Å².